The standard InChI is InChI=1S/C31H46N2O9/c1-5-9-23-16-24(37-3)14-21(2)15-25-17-26(18-27(40-25)19-30(35)41-23)42-29(34)12-7-6-10-22-20-39-28(33-22)11-8-13-32-31(36)38-4/h7-8,11-12,20-21,23-27H,5-6,9-10,13-19H2,1-4H3,(H,32,36)/b11-8-,12-7-/t21-,23+,24+,25+,26-,27+/m1/s1. The maximum Gasteiger partial charge on any atom is 0.407 e. The summed E-state index contributed by atoms with van der Waals surface area (Å²) >= 11 is 0. The predicted molar refractivity (Wildman–Crippen MR) is 154 cm³/mol. The van der Waals surface area contributed by atoms with E-state index < -0.39 is 12.1 Å². The van der Waals surface area contributed by atoms with Crippen molar-refractivity contribution in [1.29, 1.82) is 0 Å². The maximum atomic E-state index is 12.8. The summed E-state index contributed by atoms with van der Waals surface area (Å²) in [5.41, 5.74) is 0.745. The van der Waals surface area contributed by atoms with E-state index >= 15 is 0 Å². The van der Waals surface area contributed by atoms with Gasteiger partial charge in [0.1, 0.15) is 18.5 Å². The Morgan fingerprint density at radius 2 is 1.90 bits per heavy atom. The summed E-state index contributed by atoms with van der Waals surface area (Å²) in [4.78, 5) is 40.8. The highest BCUT2D eigenvalue weighted by molar-refractivity contribution is 5.82. The second-order valence-corrected chi connectivity index (χ2v) is 11.1. The number of carbonyl (C=O) groups is 3. The van der Waals surface area contributed by atoms with E-state index in [0.29, 0.717) is 50.5 Å². The second-order valence-electron chi connectivity index (χ2n) is 11.1. The number of esters is 2. The van der Waals surface area contributed by atoms with Gasteiger partial charge in [-0.15, -0.1) is 0 Å². The average Bonchev–Trinajstić information content (AvgIpc) is 3.39. The van der Waals surface area contributed by atoms with Crippen molar-refractivity contribution >= 4 is 24.1 Å². The first-order valence-corrected chi connectivity index (χ1v) is 15.0. The second kappa shape index (κ2) is 17.7. The van der Waals surface area contributed by atoms with Crippen molar-refractivity contribution in [3.05, 3.63) is 36.1 Å². The smallest absolute Gasteiger partial charge is 0.407 e. The minimum absolute atomic E-state index is 0.0116. The molecule has 234 valence electrons. The highest BCUT2D eigenvalue weighted by Gasteiger charge is 2.35. The molecule has 0 spiro atoms. The molecule has 3 rings (SSSR count). The number of nitrogens with zero attached hydrogens (tertiary/aromatic N) is 1. The Hall–Kier alpha value is -3.18. The zero-order chi connectivity index (χ0) is 30.3. The third-order valence-corrected chi connectivity index (χ3v) is 7.41. The quantitative estimate of drug-likeness (QED) is 0.215. The molecule has 2 saturated heterocycles. The molecule has 2 fully saturated rings. The van der Waals surface area contributed by atoms with Gasteiger partial charge in [-0.25, -0.2) is 14.6 Å². The van der Waals surface area contributed by atoms with Crippen molar-refractivity contribution < 1.29 is 42.5 Å². The molecule has 0 aromatic carbocycles. The first-order chi connectivity index (χ1) is 20.3. The van der Waals surface area contributed by atoms with Crippen LogP contribution in [0.25, 0.3) is 6.08 Å². The van der Waals surface area contributed by atoms with Crippen molar-refractivity contribution in [1.82, 2.24) is 10.3 Å². The van der Waals surface area contributed by atoms with Gasteiger partial charge in [-0.1, -0.05) is 32.4 Å². The van der Waals surface area contributed by atoms with Gasteiger partial charge in [0.15, 0.2) is 0 Å². The summed E-state index contributed by atoms with van der Waals surface area (Å²) in [6.45, 7) is 4.56. The third-order valence-electron chi connectivity index (χ3n) is 7.41. The van der Waals surface area contributed by atoms with Crippen LogP contribution in [0.1, 0.15) is 83.2 Å². The van der Waals surface area contributed by atoms with Crippen molar-refractivity contribution in [3.63, 3.8) is 0 Å². The van der Waals surface area contributed by atoms with Gasteiger partial charge in [-0.05, 0) is 44.1 Å². The third kappa shape index (κ3) is 12.0. The zero-order valence-electron chi connectivity index (χ0n) is 25.3. The van der Waals surface area contributed by atoms with Gasteiger partial charge < -0.3 is 33.4 Å². The molecule has 2 bridgehead atoms. The summed E-state index contributed by atoms with van der Waals surface area (Å²) in [7, 11) is 3.01. The van der Waals surface area contributed by atoms with Crippen LogP contribution >= 0.6 is 0 Å². The first-order valence-electron chi connectivity index (χ1n) is 15.0. The van der Waals surface area contributed by atoms with Gasteiger partial charge in [0.05, 0.1) is 37.5 Å². The number of alkyl carbamates (subject to hydrolysis) is 1. The SMILES string of the molecule is CCC[C@H]1C[C@@H](OC)C[C@@H](C)C[C@H]2C[C@@H](OC(=O)/C=C\CCc3coc(/C=C\CNC(=O)OC)n3)C[C@@H](CC(=O)O1)O2. The molecule has 0 unspecified atom stereocenters. The minimum atomic E-state index is -0.513. The number of nitrogens with one attached hydrogen (secondary N) is 1. The maximum absolute atomic E-state index is 12.8. The lowest BCUT2D eigenvalue weighted by atomic mass is 9.89. The Morgan fingerprint density at radius 3 is 2.67 bits per heavy atom. The van der Waals surface area contributed by atoms with Crippen LogP contribution in [0.3, 0.4) is 0 Å². The van der Waals surface area contributed by atoms with E-state index in [1.54, 1.807) is 31.6 Å². The summed E-state index contributed by atoms with van der Waals surface area (Å²) in [6.07, 6.45) is 13.1. The number of hydrogen-bond donors (Lipinski definition) is 1. The van der Waals surface area contributed by atoms with E-state index in [1.165, 1.54) is 13.2 Å². The molecule has 0 aliphatic carbocycles. The number of carbonyl (C=O) groups excluding carboxylic acids is 3. The Morgan fingerprint density at radius 1 is 1.10 bits per heavy atom. The number of aryl methyl sites for hydroxylation is 1. The molecule has 42 heavy (non-hydrogen) atoms. The Kier molecular flexibility index (Phi) is 14.0. The molecule has 1 aromatic rings. The van der Waals surface area contributed by atoms with Crippen LogP contribution in [0.2, 0.25) is 0 Å². The van der Waals surface area contributed by atoms with Gasteiger partial charge >= 0.3 is 18.0 Å². The lowest BCUT2D eigenvalue weighted by molar-refractivity contribution is -0.168. The van der Waals surface area contributed by atoms with Gasteiger partial charge in [-0.2, -0.15) is 0 Å². The fraction of sp³-hybridized carbons (Fsp3) is 0.677. The number of amides is 1. The summed E-state index contributed by atoms with van der Waals surface area (Å²) in [5.74, 6) is 0.0697. The van der Waals surface area contributed by atoms with E-state index in [0.717, 1.165) is 31.4 Å². The van der Waals surface area contributed by atoms with Crippen LogP contribution in [-0.4, -0.2) is 74.3 Å². The van der Waals surface area contributed by atoms with Gasteiger partial charge in [-0.3, -0.25) is 4.79 Å². The van der Waals surface area contributed by atoms with Crippen molar-refractivity contribution in [3.8, 4) is 0 Å². The molecule has 11 nitrogen and oxygen atoms in total. The first kappa shape index (κ1) is 33.3. The van der Waals surface area contributed by atoms with Gasteiger partial charge in [0.2, 0.25) is 5.89 Å². The highest BCUT2D eigenvalue weighted by atomic mass is 16.6. The topological polar surface area (TPSA) is 135 Å². The summed E-state index contributed by atoms with van der Waals surface area (Å²) < 4.78 is 33.5. The Balaban J connectivity index is 1.49. The number of aromatic nitrogens is 1. The molecule has 1 aromatic heterocycles. The van der Waals surface area contributed by atoms with Crippen LogP contribution in [0.4, 0.5) is 4.79 Å². The summed E-state index contributed by atoms with van der Waals surface area (Å²) in [6, 6.07) is 0. The molecule has 3 heterocycles. The largest absolute Gasteiger partial charge is 0.462 e. The molecule has 2 aliphatic rings. The monoisotopic (exact) mass is 590 g/mol. The van der Waals surface area contributed by atoms with Crippen molar-refractivity contribution in [2.45, 2.75) is 109 Å². The highest BCUT2D eigenvalue weighted by Crippen LogP contribution is 2.31. The fourth-order valence-corrected chi connectivity index (χ4v) is 5.49. The van der Waals surface area contributed by atoms with E-state index in [-0.39, 0.29) is 42.9 Å². The number of oxazole rings is 1. The van der Waals surface area contributed by atoms with Gasteiger partial charge in [0, 0.05) is 39.0 Å². The number of fused-ring (bicyclic) bond motifs is 2. The molecule has 2 aliphatic heterocycles. The minimum Gasteiger partial charge on any atom is -0.462 e. The van der Waals surface area contributed by atoms with E-state index in [1.807, 2.05) is 0 Å². The number of cyclic esters (lactones) is 1. The number of ether oxygens (including phenoxy) is 5. The average molecular weight is 591 g/mol. The molecule has 1 amide bonds. The van der Waals surface area contributed by atoms with Crippen LogP contribution in [0.5, 0.6) is 0 Å². The number of hydrogen-bond acceptors (Lipinski definition) is 10. The fourth-order valence-electron chi connectivity index (χ4n) is 5.49. The molecule has 1 N–H and O–H groups in total. The van der Waals surface area contributed by atoms with E-state index in [2.05, 4.69) is 28.9 Å². The van der Waals surface area contributed by atoms with Crippen LogP contribution < -0.4 is 5.32 Å². The molecule has 6 atom stereocenters. The van der Waals surface area contributed by atoms with Crippen LogP contribution in [0, 0.1) is 5.92 Å². The zero-order valence-corrected chi connectivity index (χ0v) is 25.3. The Bertz CT molecular complexity index is 1050. The number of rotatable bonds is 11. The van der Waals surface area contributed by atoms with Crippen molar-refractivity contribution in [2.75, 3.05) is 20.8 Å². The van der Waals surface area contributed by atoms with Crippen LogP contribution in [-0.2, 0) is 39.7 Å². The normalized spacial score (nSPS) is 27.2. The predicted octanol–water partition coefficient (Wildman–Crippen LogP) is 4.93. The summed E-state index contributed by atoms with van der Waals surface area (Å²) in [5, 5.41) is 2.53. The molecule has 0 saturated carbocycles. The molecular weight excluding hydrogens is 544 g/mol. The van der Waals surface area contributed by atoms with E-state index in [4.69, 9.17) is 23.4 Å². The molecule has 0 radical (unpaired) electrons. The van der Waals surface area contributed by atoms with E-state index in [9.17, 15) is 14.4 Å². The lowest BCUT2D eigenvalue weighted by Gasteiger charge is -2.37. The van der Waals surface area contributed by atoms with Crippen LogP contribution in [0.15, 0.2) is 28.9 Å². The van der Waals surface area contributed by atoms with Crippen molar-refractivity contribution in [2.24, 2.45) is 5.92 Å². The number of methoxy groups -OCH3 is 2. The molecular formula is C31H46N2O9. The van der Waals surface area contributed by atoms with Gasteiger partial charge in [0.25, 0.3) is 0 Å². The number of allylic oxidation sites excluding steroid dienone is 1. The Labute approximate surface area is 248 Å². The molecule has 11 heteroatoms. The lowest BCUT2D eigenvalue weighted by Crippen LogP contribution is -2.41.